The molecule has 3 N–H and O–H groups in total. The molecule has 6 nitrogen and oxygen atoms in total. The van der Waals surface area contributed by atoms with Crippen LogP contribution in [0, 0.1) is 5.92 Å². The minimum atomic E-state index is -0.565. The second kappa shape index (κ2) is 7.51. The van der Waals surface area contributed by atoms with Crippen LogP contribution in [-0.4, -0.2) is 29.0 Å². The Morgan fingerprint density at radius 2 is 2.16 bits per heavy atom. The maximum Gasteiger partial charge on any atom is 0.267 e. The number of amides is 1. The fourth-order valence-electron chi connectivity index (χ4n) is 2.83. The first-order valence-electron chi connectivity index (χ1n) is 8.69. The summed E-state index contributed by atoms with van der Waals surface area (Å²) in [5, 5.41) is 3.37. The fraction of sp³-hybridized carbons (Fsp3) is 0.421. The SMILES string of the molecule is CCC(CC1CC1)Nc1nc(C(N)=O)cc(-c2cccc(OC)c2)n1. The summed E-state index contributed by atoms with van der Waals surface area (Å²) in [6.45, 7) is 2.14. The van der Waals surface area contributed by atoms with Gasteiger partial charge in [0.25, 0.3) is 5.91 Å². The van der Waals surface area contributed by atoms with Crippen molar-refractivity contribution in [3.8, 4) is 17.0 Å². The summed E-state index contributed by atoms with van der Waals surface area (Å²) in [4.78, 5) is 20.6. The Bertz CT molecular complexity index is 759. The molecule has 1 heterocycles. The molecule has 0 radical (unpaired) electrons. The number of carbonyl (C=O) groups excluding carboxylic acids is 1. The van der Waals surface area contributed by atoms with Crippen molar-refractivity contribution in [2.75, 3.05) is 12.4 Å². The largest absolute Gasteiger partial charge is 0.497 e. The van der Waals surface area contributed by atoms with Gasteiger partial charge in [0, 0.05) is 11.6 Å². The Hall–Kier alpha value is -2.63. The quantitative estimate of drug-likeness (QED) is 0.770. The predicted octanol–water partition coefficient (Wildman–Crippen LogP) is 3.24. The third-order valence-electron chi connectivity index (χ3n) is 4.48. The van der Waals surface area contributed by atoms with Gasteiger partial charge < -0.3 is 15.8 Å². The zero-order valence-corrected chi connectivity index (χ0v) is 14.7. The Balaban J connectivity index is 1.91. The average Bonchev–Trinajstić information content (AvgIpc) is 3.45. The van der Waals surface area contributed by atoms with Crippen molar-refractivity contribution in [1.29, 1.82) is 0 Å². The number of nitrogens with zero attached hydrogens (tertiary/aromatic N) is 2. The van der Waals surface area contributed by atoms with Crippen LogP contribution in [-0.2, 0) is 0 Å². The molecule has 2 aromatic rings. The van der Waals surface area contributed by atoms with Crippen molar-refractivity contribution in [3.05, 3.63) is 36.0 Å². The van der Waals surface area contributed by atoms with Gasteiger partial charge in [-0.2, -0.15) is 0 Å². The number of rotatable bonds is 8. The van der Waals surface area contributed by atoms with Crippen LogP contribution in [0.15, 0.2) is 30.3 Å². The van der Waals surface area contributed by atoms with Gasteiger partial charge in [-0.25, -0.2) is 9.97 Å². The Morgan fingerprint density at radius 3 is 2.80 bits per heavy atom. The standard InChI is InChI=1S/C19H24N4O2/c1-3-14(9-12-7-8-12)21-19-22-16(11-17(23-19)18(20)24)13-5-4-6-15(10-13)25-2/h4-6,10-12,14H,3,7-9H2,1-2H3,(H2,20,24)(H,21,22,23). The van der Waals surface area contributed by atoms with Crippen LogP contribution in [0.4, 0.5) is 5.95 Å². The van der Waals surface area contributed by atoms with Crippen molar-refractivity contribution in [2.24, 2.45) is 11.7 Å². The summed E-state index contributed by atoms with van der Waals surface area (Å²) in [6.07, 6.45) is 4.69. The lowest BCUT2D eigenvalue weighted by Gasteiger charge is -2.17. The highest BCUT2D eigenvalue weighted by Gasteiger charge is 2.25. The smallest absolute Gasteiger partial charge is 0.267 e. The van der Waals surface area contributed by atoms with Crippen LogP contribution < -0.4 is 15.8 Å². The zero-order valence-electron chi connectivity index (χ0n) is 14.7. The molecule has 1 atom stereocenters. The fourth-order valence-corrected chi connectivity index (χ4v) is 2.83. The number of nitrogens with two attached hydrogens (primary N) is 1. The van der Waals surface area contributed by atoms with Crippen LogP contribution in [0.3, 0.4) is 0 Å². The summed E-state index contributed by atoms with van der Waals surface area (Å²) in [7, 11) is 1.62. The number of nitrogens with one attached hydrogen (secondary N) is 1. The lowest BCUT2D eigenvalue weighted by molar-refractivity contribution is 0.0995. The second-order valence-electron chi connectivity index (χ2n) is 6.49. The van der Waals surface area contributed by atoms with Gasteiger partial charge in [-0.05, 0) is 37.0 Å². The van der Waals surface area contributed by atoms with Crippen molar-refractivity contribution in [2.45, 2.75) is 38.6 Å². The van der Waals surface area contributed by atoms with Crippen molar-refractivity contribution >= 4 is 11.9 Å². The number of ether oxygens (including phenoxy) is 1. The molecule has 1 saturated carbocycles. The molecule has 132 valence electrons. The van der Waals surface area contributed by atoms with E-state index < -0.39 is 5.91 Å². The first-order chi connectivity index (χ1) is 12.1. The van der Waals surface area contributed by atoms with Crippen molar-refractivity contribution < 1.29 is 9.53 Å². The topological polar surface area (TPSA) is 90.1 Å². The molecule has 1 aromatic carbocycles. The number of hydrogen-bond donors (Lipinski definition) is 2. The summed E-state index contributed by atoms with van der Waals surface area (Å²) in [6, 6.07) is 9.45. The van der Waals surface area contributed by atoms with E-state index in [9.17, 15) is 4.79 Å². The third-order valence-corrected chi connectivity index (χ3v) is 4.48. The zero-order chi connectivity index (χ0) is 17.8. The first kappa shape index (κ1) is 17.2. The molecule has 3 rings (SSSR count). The van der Waals surface area contributed by atoms with Crippen LogP contribution in [0.5, 0.6) is 5.75 Å². The lowest BCUT2D eigenvalue weighted by Crippen LogP contribution is -2.22. The van der Waals surface area contributed by atoms with Gasteiger partial charge in [0.1, 0.15) is 11.4 Å². The summed E-state index contributed by atoms with van der Waals surface area (Å²) >= 11 is 0. The van der Waals surface area contributed by atoms with Gasteiger partial charge in [-0.15, -0.1) is 0 Å². The molecule has 1 amide bonds. The van der Waals surface area contributed by atoms with E-state index in [1.54, 1.807) is 13.2 Å². The number of aromatic nitrogens is 2. The average molecular weight is 340 g/mol. The molecule has 1 aliphatic rings. The second-order valence-corrected chi connectivity index (χ2v) is 6.49. The number of methoxy groups -OCH3 is 1. The molecule has 6 heteroatoms. The van der Waals surface area contributed by atoms with E-state index >= 15 is 0 Å². The van der Waals surface area contributed by atoms with E-state index in [-0.39, 0.29) is 5.69 Å². The third kappa shape index (κ3) is 4.47. The van der Waals surface area contributed by atoms with E-state index in [4.69, 9.17) is 10.5 Å². The monoisotopic (exact) mass is 340 g/mol. The van der Waals surface area contributed by atoms with Gasteiger partial charge in [-0.3, -0.25) is 4.79 Å². The molecule has 25 heavy (non-hydrogen) atoms. The number of carbonyl (C=O) groups is 1. The van der Waals surface area contributed by atoms with Crippen LogP contribution in [0.25, 0.3) is 11.3 Å². The van der Waals surface area contributed by atoms with E-state index in [0.717, 1.165) is 30.1 Å². The molecule has 1 aromatic heterocycles. The molecular formula is C19H24N4O2. The molecule has 0 aliphatic heterocycles. The van der Waals surface area contributed by atoms with Gasteiger partial charge in [-0.1, -0.05) is 31.9 Å². The van der Waals surface area contributed by atoms with E-state index in [1.807, 2.05) is 24.3 Å². The van der Waals surface area contributed by atoms with Gasteiger partial charge >= 0.3 is 0 Å². The molecular weight excluding hydrogens is 316 g/mol. The molecule has 0 spiro atoms. The molecule has 1 fully saturated rings. The normalized spacial score (nSPS) is 14.8. The lowest BCUT2D eigenvalue weighted by atomic mass is 10.1. The van der Waals surface area contributed by atoms with Crippen molar-refractivity contribution in [1.82, 2.24) is 9.97 Å². The maximum absolute atomic E-state index is 11.7. The number of benzene rings is 1. The molecule has 1 unspecified atom stereocenters. The Labute approximate surface area is 147 Å². The minimum absolute atomic E-state index is 0.205. The molecule has 1 aliphatic carbocycles. The highest BCUT2D eigenvalue weighted by molar-refractivity contribution is 5.92. The van der Waals surface area contributed by atoms with Gasteiger partial charge in [0.2, 0.25) is 5.95 Å². The van der Waals surface area contributed by atoms with E-state index in [1.165, 1.54) is 12.8 Å². The highest BCUT2D eigenvalue weighted by Crippen LogP contribution is 2.34. The maximum atomic E-state index is 11.7. The summed E-state index contributed by atoms with van der Waals surface area (Å²) < 4.78 is 5.27. The number of primary amides is 1. The van der Waals surface area contributed by atoms with E-state index in [2.05, 4.69) is 22.2 Å². The van der Waals surface area contributed by atoms with Crippen molar-refractivity contribution in [3.63, 3.8) is 0 Å². The first-order valence-corrected chi connectivity index (χ1v) is 8.69. The van der Waals surface area contributed by atoms with E-state index in [0.29, 0.717) is 17.7 Å². The number of anilines is 1. The van der Waals surface area contributed by atoms with Gasteiger partial charge in [0.05, 0.1) is 12.8 Å². The summed E-state index contributed by atoms with van der Waals surface area (Å²) in [5.74, 6) is 1.41. The predicted molar refractivity (Wildman–Crippen MR) is 97.6 cm³/mol. The Kier molecular flexibility index (Phi) is 5.16. The Morgan fingerprint density at radius 1 is 1.36 bits per heavy atom. The summed E-state index contributed by atoms with van der Waals surface area (Å²) in [5.41, 5.74) is 7.16. The van der Waals surface area contributed by atoms with Crippen LogP contribution >= 0.6 is 0 Å². The van der Waals surface area contributed by atoms with Gasteiger partial charge in [0.15, 0.2) is 0 Å². The molecule has 0 bridgehead atoms. The highest BCUT2D eigenvalue weighted by atomic mass is 16.5. The van der Waals surface area contributed by atoms with Crippen LogP contribution in [0.2, 0.25) is 0 Å². The number of hydrogen-bond acceptors (Lipinski definition) is 5. The van der Waals surface area contributed by atoms with Crippen LogP contribution in [0.1, 0.15) is 43.1 Å². The minimum Gasteiger partial charge on any atom is -0.497 e. The molecule has 0 saturated heterocycles.